The lowest BCUT2D eigenvalue weighted by molar-refractivity contribution is -0.653. The molecule has 1 amide bonds. The molecule has 0 unspecified atom stereocenters. The smallest absolute Gasteiger partial charge is 0.227 e. The first-order valence-corrected chi connectivity index (χ1v) is 7.40. The van der Waals surface area contributed by atoms with Crippen LogP contribution >= 0.6 is 0 Å². The highest BCUT2D eigenvalue weighted by Gasteiger charge is 2.31. The summed E-state index contributed by atoms with van der Waals surface area (Å²) in [5.41, 5.74) is 1.48. The normalized spacial score (nSPS) is 18.8. The van der Waals surface area contributed by atoms with Crippen LogP contribution in [0.25, 0.3) is 0 Å². The number of nitrogens with zero attached hydrogens (tertiary/aromatic N) is 3. The molecule has 1 heterocycles. The highest BCUT2D eigenvalue weighted by Crippen LogP contribution is 2.21. The Bertz CT molecular complexity index is 388. The molecule has 7 heteroatoms. The fourth-order valence-electron chi connectivity index (χ4n) is 2.06. The summed E-state index contributed by atoms with van der Waals surface area (Å²) in [4.78, 5) is 19.7. The predicted octanol–water partition coefficient (Wildman–Crippen LogP) is 2.22. The number of amides is 1. The molecule has 1 rings (SSSR count). The minimum atomic E-state index is -0.458. The molecule has 1 aliphatic heterocycles. The summed E-state index contributed by atoms with van der Waals surface area (Å²) in [5, 5.41) is 15.3. The van der Waals surface area contributed by atoms with E-state index in [0.717, 1.165) is 0 Å². The highest BCUT2D eigenvalue weighted by atomic mass is 16.8. The number of carbonyl (C=O) groups is 1. The van der Waals surface area contributed by atoms with E-state index in [1.807, 2.05) is 46.4 Å². The zero-order valence-electron chi connectivity index (χ0n) is 14.0. The summed E-state index contributed by atoms with van der Waals surface area (Å²) >= 11 is 0. The Labute approximate surface area is 126 Å². The molecule has 0 saturated carbocycles. The number of nitrogens with one attached hydrogen (secondary N) is 1. The van der Waals surface area contributed by atoms with Crippen molar-refractivity contribution in [1.29, 1.82) is 0 Å². The van der Waals surface area contributed by atoms with E-state index < -0.39 is 5.54 Å². The van der Waals surface area contributed by atoms with E-state index in [1.54, 1.807) is 0 Å². The van der Waals surface area contributed by atoms with Crippen molar-refractivity contribution in [2.45, 2.75) is 66.0 Å². The SMILES string of the molecule is CC(C)(C)N=[N+]([O-])NOC1CCN(C(=O)C(C)(C)C)CC1. The monoisotopic (exact) mass is 300 g/mol. The van der Waals surface area contributed by atoms with Crippen LogP contribution in [-0.2, 0) is 9.63 Å². The molecule has 0 aromatic rings. The molecule has 122 valence electrons. The third kappa shape index (κ3) is 6.29. The third-order valence-corrected chi connectivity index (χ3v) is 3.06. The summed E-state index contributed by atoms with van der Waals surface area (Å²) in [6, 6.07) is 0. The number of likely N-dealkylation sites (tertiary alicyclic amines) is 1. The Morgan fingerprint density at radius 2 is 1.76 bits per heavy atom. The fourth-order valence-corrected chi connectivity index (χ4v) is 2.06. The Balaban J connectivity index is 2.38. The molecule has 1 saturated heterocycles. The quantitative estimate of drug-likeness (QED) is 0.492. The van der Waals surface area contributed by atoms with E-state index in [4.69, 9.17) is 4.84 Å². The van der Waals surface area contributed by atoms with Gasteiger partial charge in [-0.25, -0.2) is 4.84 Å². The highest BCUT2D eigenvalue weighted by molar-refractivity contribution is 5.81. The molecule has 7 nitrogen and oxygen atoms in total. The second kappa shape index (κ2) is 6.60. The van der Waals surface area contributed by atoms with Gasteiger partial charge >= 0.3 is 0 Å². The van der Waals surface area contributed by atoms with Crippen LogP contribution in [0.15, 0.2) is 5.11 Å². The first kappa shape index (κ1) is 17.7. The second-order valence-electron chi connectivity index (χ2n) is 7.49. The molecule has 0 bridgehead atoms. The Morgan fingerprint density at radius 1 is 1.24 bits per heavy atom. The van der Waals surface area contributed by atoms with Gasteiger partial charge in [0.15, 0.2) is 0 Å². The summed E-state index contributed by atoms with van der Waals surface area (Å²) in [5.74, 6) is 0.155. The number of piperidine rings is 1. The summed E-state index contributed by atoms with van der Waals surface area (Å²) in [7, 11) is 0. The molecule has 0 radical (unpaired) electrons. The van der Waals surface area contributed by atoms with E-state index in [1.165, 1.54) is 0 Å². The maximum Gasteiger partial charge on any atom is 0.227 e. The van der Waals surface area contributed by atoms with Crippen LogP contribution in [0.3, 0.4) is 0 Å². The van der Waals surface area contributed by atoms with Crippen molar-refractivity contribution in [3.8, 4) is 0 Å². The number of rotatable bonds is 3. The lowest BCUT2D eigenvalue weighted by Crippen LogP contribution is -2.46. The van der Waals surface area contributed by atoms with Gasteiger partial charge in [0, 0.05) is 23.6 Å². The van der Waals surface area contributed by atoms with Gasteiger partial charge < -0.3 is 10.1 Å². The first-order chi connectivity index (χ1) is 9.49. The van der Waals surface area contributed by atoms with Crippen molar-refractivity contribution in [3.63, 3.8) is 0 Å². The fraction of sp³-hybridized carbons (Fsp3) is 0.929. The molecule has 0 spiro atoms. The van der Waals surface area contributed by atoms with Gasteiger partial charge in [0.25, 0.3) is 0 Å². The van der Waals surface area contributed by atoms with Gasteiger partial charge in [-0.3, -0.25) is 4.79 Å². The molecule has 0 aromatic carbocycles. The van der Waals surface area contributed by atoms with Crippen LogP contribution in [0, 0.1) is 10.6 Å². The Kier molecular flexibility index (Phi) is 5.55. The van der Waals surface area contributed by atoms with Gasteiger partial charge in [0.05, 0.1) is 11.1 Å². The molecule has 1 fully saturated rings. The van der Waals surface area contributed by atoms with Crippen LogP contribution < -0.4 is 5.59 Å². The van der Waals surface area contributed by atoms with Gasteiger partial charge in [-0.2, -0.15) is 0 Å². The van der Waals surface area contributed by atoms with E-state index in [-0.39, 0.29) is 17.4 Å². The zero-order valence-corrected chi connectivity index (χ0v) is 14.0. The van der Waals surface area contributed by atoms with Crippen LogP contribution in [0.4, 0.5) is 0 Å². The van der Waals surface area contributed by atoms with Gasteiger partial charge in [-0.05, 0) is 39.2 Å². The number of hydrazine groups is 1. The minimum absolute atomic E-state index is 0.0827. The molecule has 0 aliphatic carbocycles. The van der Waals surface area contributed by atoms with E-state index in [2.05, 4.69) is 10.7 Å². The van der Waals surface area contributed by atoms with E-state index in [9.17, 15) is 10.0 Å². The van der Waals surface area contributed by atoms with Crippen LogP contribution in [-0.4, -0.2) is 40.5 Å². The standard InChI is InChI=1S/C14H28N4O3/c1-13(2,3)12(19)17-9-7-11(8-10-17)21-16-18(20)15-14(4,5)6/h11H,7-10H2,1-6H3,(H,15,16). The maximum absolute atomic E-state index is 12.1. The van der Waals surface area contributed by atoms with Crippen molar-refractivity contribution >= 4 is 5.91 Å². The Morgan fingerprint density at radius 3 is 2.19 bits per heavy atom. The van der Waals surface area contributed by atoms with Crippen molar-refractivity contribution in [2.24, 2.45) is 10.5 Å². The van der Waals surface area contributed by atoms with Gasteiger partial charge in [-0.15, -0.1) is 0 Å². The molecular formula is C14H28N4O3. The lowest BCUT2D eigenvalue weighted by atomic mass is 9.93. The van der Waals surface area contributed by atoms with Crippen molar-refractivity contribution in [3.05, 3.63) is 5.21 Å². The van der Waals surface area contributed by atoms with Gasteiger partial charge in [-0.1, -0.05) is 20.8 Å². The average molecular weight is 300 g/mol. The molecule has 1 aliphatic rings. The van der Waals surface area contributed by atoms with Crippen LogP contribution in [0.1, 0.15) is 54.4 Å². The molecule has 21 heavy (non-hydrogen) atoms. The second-order valence-corrected chi connectivity index (χ2v) is 7.49. The average Bonchev–Trinajstić information content (AvgIpc) is 2.33. The molecule has 0 atom stereocenters. The van der Waals surface area contributed by atoms with Crippen molar-refractivity contribution < 1.29 is 14.6 Å². The van der Waals surface area contributed by atoms with E-state index in [0.29, 0.717) is 30.9 Å². The third-order valence-electron chi connectivity index (χ3n) is 3.06. The van der Waals surface area contributed by atoms with Crippen molar-refractivity contribution in [1.82, 2.24) is 10.5 Å². The largest absolute Gasteiger partial charge is 0.570 e. The van der Waals surface area contributed by atoms with Crippen LogP contribution in [0.5, 0.6) is 0 Å². The van der Waals surface area contributed by atoms with Crippen LogP contribution in [0.2, 0.25) is 0 Å². The van der Waals surface area contributed by atoms with Gasteiger partial charge in [0.2, 0.25) is 5.91 Å². The molecule has 0 aromatic heterocycles. The summed E-state index contributed by atoms with van der Waals surface area (Å²) in [6.45, 7) is 12.5. The van der Waals surface area contributed by atoms with E-state index >= 15 is 0 Å². The maximum atomic E-state index is 12.1. The summed E-state index contributed by atoms with van der Waals surface area (Å²) < 4.78 is 0. The van der Waals surface area contributed by atoms with Gasteiger partial charge in [0.1, 0.15) is 5.54 Å². The molecular weight excluding hydrogens is 272 g/mol. The zero-order chi connectivity index (χ0) is 16.3. The minimum Gasteiger partial charge on any atom is -0.570 e. The summed E-state index contributed by atoms with van der Waals surface area (Å²) in [6.07, 6.45) is 1.33. The van der Waals surface area contributed by atoms with Crippen molar-refractivity contribution in [2.75, 3.05) is 13.1 Å². The Hall–Kier alpha value is -1.37. The number of hydrogen-bond donors (Lipinski definition) is 1. The lowest BCUT2D eigenvalue weighted by Gasteiger charge is -2.34. The number of hydrogen-bond acceptors (Lipinski definition) is 4. The first-order valence-electron chi connectivity index (χ1n) is 7.40. The molecule has 1 N–H and O–H groups in total. The topological polar surface area (TPSA) is 80.0 Å². The predicted molar refractivity (Wildman–Crippen MR) is 79.1 cm³/mol. The number of carbonyl (C=O) groups excluding carboxylic acids is 1.